The molecule has 1 saturated heterocycles. The fourth-order valence-electron chi connectivity index (χ4n) is 3.58. The molecule has 4 rings (SSSR count). The van der Waals surface area contributed by atoms with Gasteiger partial charge in [0, 0.05) is 24.3 Å². The largest absolute Gasteiger partial charge is 0.330 e. The maximum absolute atomic E-state index is 14.1. The van der Waals surface area contributed by atoms with E-state index >= 15 is 0 Å². The molecule has 0 radical (unpaired) electrons. The van der Waals surface area contributed by atoms with Gasteiger partial charge in [0.1, 0.15) is 11.6 Å². The van der Waals surface area contributed by atoms with Crippen LogP contribution in [0.25, 0.3) is 11.1 Å². The maximum Gasteiger partial charge on any atom is 0.330 e. The number of hydrogen-bond donors (Lipinski definition) is 1. The molecule has 0 aliphatic carbocycles. The van der Waals surface area contributed by atoms with E-state index in [1.165, 1.54) is 11.8 Å². The van der Waals surface area contributed by atoms with Crippen molar-refractivity contribution in [2.24, 2.45) is 5.14 Å². The van der Waals surface area contributed by atoms with Gasteiger partial charge in [-0.1, -0.05) is 23.5 Å². The number of nitrogens with zero attached hydrogens (tertiary/aromatic N) is 3. The van der Waals surface area contributed by atoms with Gasteiger partial charge in [-0.15, -0.1) is 0 Å². The summed E-state index contributed by atoms with van der Waals surface area (Å²) in [5.41, 5.74) is 1.45. The summed E-state index contributed by atoms with van der Waals surface area (Å²) >= 11 is 0.863. The normalized spacial score (nSPS) is 15.2. The number of aryl methyl sites for hydroxylation is 1. The third-order valence-corrected chi connectivity index (χ3v) is 7.86. The van der Waals surface area contributed by atoms with Crippen molar-refractivity contribution in [3.63, 3.8) is 0 Å². The van der Waals surface area contributed by atoms with Crippen molar-refractivity contribution in [2.45, 2.75) is 24.0 Å². The van der Waals surface area contributed by atoms with Gasteiger partial charge in [0.2, 0.25) is 10.0 Å². The van der Waals surface area contributed by atoms with Crippen LogP contribution in [0.5, 0.6) is 0 Å². The van der Waals surface area contributed by atoms with Gasteiger partial charge in [-0.25, -0.2) is 32.1 Å². The van der Waals surface area contributed by atoms with Crippen molar-refractivity contribution in [1.82, 2.24) is 4.98 Å². The highest BCUT2D eigenvalue weighted by Gasteiger charge is 2.30. The van der Waals surface area contributed by atoms with Crippen molar-refractivity contribution in [3.8, 4) is 11.1 Å². The van der Waals surface area contributed by atoms with Crippen LogP contribution in [-0.4, -0.2) is 32.5 Å². The Balaban J connectivity index is 1.64. The van der Waals surface area contributed by atoms with E-state index in [-0.39, 0.29) is 26.6 Å². The van der Waals surface area contributed by atoms with Gasteiger partial charge in [-0.3, -0.25) is 9.80 Å². The molecule has 2 N–H and O–H groups in total. The first-order valence-corrected chi connectivity index (χ1v) is 12.2. The summed E-state index contributed by atoms with van der Waals surface area (Å²) in [5.74, 6) is -1.08. The lowest BCUT2D eigenvalue weighted by molar-refractivity contribution is 0.252. The van der Waals surface area contributed by atoms with Crippen LogP contribution in [0.15, 0.2) is 46.7 Å². The van der Waals surface area contributed by atoms with E-state index in [1.807, 2.05) is 0 Å². The highest BCUT2D eigenvalue weighted by Crippen LogP contribution is 2.32. The van der Waals surface area contributed by atoms with E-state index in [4.69, 9.17) is 5.14 Å². The van der Waals surface area contributed by atoms with Gasteiger partial charge in [-0.2, -0.15) is 0 Å². The number of carbonyl (C=O) groups excluding carboxylic acids is 1. The molecule has 0 spiro atoms. The lowest BCUT2D eigenvalue weighted by atomic mass is 10.0. The Morgan fingerprint density at radius 3 is 2.31 bits per heavy atom. The number of carbonyl (C=O) groups is 1. The second kappa shape index (κ2) is 8.57. The van der Waals surface area contributed by atoms with Crippen molar-refractivity contribution in [3.05, 3.63) is 59.8 Å². The molecule has 1 fully saturated rings. The Morgan fingerprint density at radius 1 is 1.03 bits per heavy atom. The molecule has 32 heavy (non-hydrogen) atoms. The minimum Gasteiger partial charge on any atom is -0.294 e. The number of aromatic nitrogens is 1. The number of primary sulfonamides is 1. The Hall–Kier alpha value is -2.89. The predicted molar refractivity (Wildman–Crippen MR) is 119 cm³/mol. The lowest BCUT2D eigenvalue weighted by Crippen LogP contribution is -2.42. The first-order valence-electron chi connectivity index (χ1n) is 9.80. The van der Waals surface area contributed by atoms with Crippen molar-refractivity contribution in [1.29, 1.82) is 0 Å². The number of anilines is 2. The van der Waals surface area contributed by atoms with Crippen molar-refractivity contribution in [2.75, 3.05) is 22.9 Å². The number of urea groups is 1. The van der Waals surface area contributed by atoms with Gasteiger partial charge >= 0.3 is 6.03 Å². The quantitative estimate of drug-likeness (QED) is 0.606. The fraction of sp³-hybridized carbons (Fsp3) is 0.238. The summed E-state index contributed by atoms with van der Waals surface area (Å²) in [6.45, 7) is 2.37. The van der Waals surface area contributed by atoms with Gasteiger partial charge in [-0.05, 0) is 55.7 Å². The highest BCUT2D eigenvalue weighted by atomic mass is 32.2. The third-order valence-electron chi connectivity index (χ3n) is 5.13. The lowest BCUT2D eigenvalue weighted by Gasteiger charge is -2.26. The number of sulfonamides is 1. The Labute approximate surface area is 188 Å². The number of thiazole rings is 1. The van der Waals surface area contributed by atoms with Crippen LogP contribution in [0.2, 0.25) is 0 Å². The molecule has 1 aliphatic heterocycles. The molecule has 2 aromatic carbocycles. The van der Waals surface area contributed by atoms with E-state index in [0.717, 1.165) is 36.0 Å². The molecule has 2 amide bonds. The minimum atomic E-state index is -3.93. The Bertz CT molecular complexity index is 1280. The number of halogens is 2. The molecule has 1 aliphatic rings. The zero-order valence-corrected chi connectivity index (χ0v) is 18.7. The van der Waals surface area contributed by atoms with E-state index < -0.39 is 21.7 Å². The number of amides is 2. The molecule has 0 atom stereocenters. The molecule has 0 saturated carbocycles. The number of nitrogens with two attached hydrogens (primary N) is 1. The summed E-state index contributed by atoms with van der Waals surface area (Å²) in [4.78, 5) is 20.6. The van der Waals surface area contributed by atoms with Gasteiger partial charge in [0.15, 0.2) is 9.34 Å². The third kappa shape index (κ3) is 4.36. The summed E-state index contributed by atoms with van der Waals surface area (Å²) in [7, 11) is -3.93. The standard InChI is InChI=1S/C21H20F2N4O3S2/c1-13-19(32(24,29)30)31-20(25-13)27-11-3-2-10-26(21(27)28)16-7-4-14(5-8-16)17-12-15(22)6-9-18(17)23/h4-9,12H,2-3,10-11H2,1H3,(H2,24,29,30). The molecule has 2 heterocycles. The molecule has 11 heteroatoms. The first kappa shape index (κ1) is 22.3. The number of rotatable bonds is 4. The summed E-state index contributed by atoms with van der Waals surface area (Å²) in [6, 6.07) is 9.50. The molecular weight excluding hydrogens is 458 g/mol. The van der Waals surface area contributed by atoms with Crippen LogP contribution in [0.3, 0.4) is 0 Å². The van der Waals surface area contributed by atoms with Gasteiger partial charge in [0.25, 0.3) is 0 Å². The van der Waals surface area contributed by atoms with Crippen LogP contribution in [0.1, 0.15) is 18.5 Å². The first-order chi connectivity index (χ1) is 15.1. The molecule has 7 nitrogen and oxygen atoms in total. The number of hydrogen-bond acceptors (Lipinski definition) is 5. The summed E-state index contributed by atoms with van der Waals surface area (Å²) in [5, 5.41) is 5.51. The fourth-order valence-corrected chi connectivity index (χ4v) is 5.55. The van der Waals surface area contributed by atoms with E-state index in [2.05, 4.69) is 4.98 Å². The molecule has 0 bridgehead atoms. The van der Waals surface area contributed by atoms with Crippen LogP contribution in [-0.2, 0) is 10.0 Å². The average molecular weight is 479 g/mol. The monoisotopic (exact) mass is 478 g/mol. The molecule has 168 valence electrons. The number of benzene rings is 2. The molecule has 1 aromatic heterocycles. The zero-order valence-electron chi connectivity index (χ0n) is 17.1. The van der Waals surface area contributed by atoms with Crippen molar-refractivity contribution >= 4 is 38.2 Å². The zero-order chi connectivity index (χ0) is 23.0. The maximum atomic E-state index is 14.1. The van der Waals surface area contributed by atoms with Crippen LogP contribution in [0, 0.1) is 18.6 Å². The van der Waals surface area contributed by atoms with E-state index in [1.54, 1.807) is 29.2 Å². The second-order valence-electron chi connectivity index (χ2n) is 7.38. The van der Waals surface area contributed by atoms with Crippen LogP contribution >= 0.6 is 11.3 Å². The van der Waals surface area contributed by atoms with Crippen LogP contribution < -0.4 is 14.9 Å². The smallest absolute Gasteiger partial charge is 0.294 e. The predicted octanol–water partition coefficient (Wildman–Crippen LogP) is 4.27. The SMILES string of the molecule is Cc1nc(N2CCCCN(c3ccc(-c4cc(F)ccc4F)cc3)C2=O)sc1S(N)(=O)=O. The molecular formula is C21H20F2N4O3S2. The van der Waals surface area contributed by atoms with E-state index in [0.29, 0.717) is 30.8 Å². The highest BCUT2D eigenvalue weighted by molar-refractivity contribution is 7.91. The Morgan fingerprint density at radius 2 is 1.69 bits per heavy atom. The minimum absolute atomic E-state index is 0.0717. The van der Waals surface area contributed by atoms with Crippen LogP contribution in [0.4, 0.5) is 24.4 Å². The van der Waals surface area contributed by atoms with Gasteiger partial charge in [0.05, 0.1) is 5.69 Å². The molecule has 0 unspecified atom stereocenters. The Kier molecular flexibility index (Phi) is 5.97. The second-order valence-corrected chi connectivity index (χ2v) is 10.1. The summed E-state index contributed by atoms with van der Waals surface area (Å²) < 4.78 is 51.1. The summed E-state index contributed by atoms with van der Waals surface area (Å²) in [6.07, 6.45) is 1.44. The van der Waals surface area contributed by atoms with E-state index in [9.17, 15) is 22.0 Å². The topological polar surface area (TPSA) is 96.6 Å². The van der Waals surface area contributed by atoms with Crippen molar-refractivity contribution < 1.29 is 22.0 Å². The molecule has 3 aromatic rings. The average Bonchev–Trinajstić information content (AvgIpc) is 3.03. The van der Waals surface area contributed by atoms with Gasteiger partial charge < -0.3 is 0 Å².